The van der Waals surface area contributed by atoms with Crippen molar-refractivity contribution in [3.8, 4) is 0 Å². The molecule has 0 radical (unpaired) electrons. The number of hydrogen-bond acceptors (Lipinski definition) is 2. The van der Waals surface area contributed by atoms with Crippen molar-refractivity contribution in [2.75, 3.05) is 0 Å². The maximum atomic E-state index is 13.1. The fourth-order valence-corrected chi connectivity index (χ4v) is 1.94. The fourth-order valence-electron chi connectivity index (χ4n) is 1.94. The second-order valence-electron chi connectivity index (χ2n) is 4.67. The van der Waals surface area contributed by atoms with E-state index in [9.17, 15) is 9.18 Å². The minimum atomic E-state index is -0.189. The van der Waals surface area contributed by atoms with Crippen molar-refractivity contribution in [2.24, 2.45) is 0 Å². The molecule has 0 saturated carbocycles. The molecule has 4 heteroatoms. The van der Waals surface area contributed by atoms with Gasteiger partial charge in [-0.25, -0.2) is 4.39 Å². The lowest BCUT2D eigenvalue weighted by atomic mass is 10.1. The summed E-state index contributed by atoms with van der Waals surface area (Å²) in [5, 5.41) is 3.31. The van der Waals surface area contributed by atoms with Gasteiger partial charge < -0.3 is 10.3 Å². The quantitative estimate of drug-likeness (QED) is 0.887. The maximum absolute atomic E-state index is 13.1. The summed E-state index contributed by atoms with van der Waals surface area (Å²) in [7, 11) is 0. The van der Waals surface area contributed by atoms with Crippen molar-refractivity contribution in [1.29, 1.82) is 0 Å². The minimum Gasteiger partial charge on any atom is -0.329 e. The van der Waals surface area contributed by atoms with E-state index in [2.05, 4.69) is 10.3 Å². The van der Waals surface area contributed by atoms with Crippen LogP contribution >= 0.6 is 0 Å². The van der Waals surface area contributed by atoms with Crippen molar-refractivity contribution < 1.29 is 4.39 Å². The second kappa shape index (κ2) is 5.80. The van der Waals surface area contributed by atoms with Crippen molar-refractivity contribution in [2.45, 2.75) is 26.4 Å². The van der Waals surface area contributed by atoms with Gasteiger partial charge in [-0.1, -0.05) is 12.1 Å². The third-order valence-electron chi connectivity index (χ3n) is 3.13. The molecule has 1 unspecified atom stereocenters. The highest BCUT2D eigenvalue weighted by Gasteiger charge is 2.06. The lowest BCUT2D eigenvalue weighted by molar-refractivity contribution is 0.571. The Bertz CT molecular complexity index is 622. The van der Waals surface area contributed by atoms with Crippen LogP contribution in [0.3, 0.4) is 0 Å². The number of aromatic nitrogens is 1. The topological polar surface area (TPSA) is 44.9 Å². The molecule has 2 N–H and O–H groups in total. The molecule has 2 rings (SSSR count). The van der Waals surface area contributed by atoms with Crippen LogP contribution in [0.2, 0.25) is 0 Å². The molecule has 1 aromatic heterocycles. The third-order valence-corrected chi connectivity index (χ3v) is 3.13. The molecule has 0 aliphatic carbocycles. The Hall–Kier alpha value is -1.94. The molecule has 0 amide bonds. The Balaban J connectivity index is 2.02. The zero-order chi connectivity index (χ0) is 13.8. The standard InChI is InChI=1S/C15H17FN2O/c1-10-7-12(3-4-14(10)16)9-18-11(2)13-5-6-17-15(19)8-13/h3-8,11,18H,9H2,1-2H3,(H,17,19). The lowest BCUT2D eigenvalue weighted by Gasteiger charge is -2.14. The van der Waals surface area contributed by atoms with E-state index in [1.807, 2.05) is 19.1 Å². The van der Waals surface area contributed by atoms with Gasteiger partial charge in [-0.2, -0.15) is 0 Å². The first-order valence-corrected chi connectivity index (χ1v) is 6.23. The molecule has 100 valence electrons. The van der Waals surface area contributed by atoms with E-state index >= 15 is 0 Å². The molecular formula is C15H17FN2O. The van der Waals surface area contributed by atoms with Crippen LogP contribution < -0.4 is 10.9 Å². The number of aromatic amines is 1. The van der Waals surface area contributed by atoms with Crippen molar-refractivity contribution in [3.63, 3.8) is 0 Å². The summed E-state index contributed by atoms with van der Waals surface area (Å²) in [6.07, 6.45) is 1.64. The number of halogens is 1. The Morgan fingerprint density at radius 1 is 1.32 bits per heavy atom. The van der Waals surface area contributed by atoms with Crippen LogP contribution in [0.5, 0.6) is 0 Å². The van der Waals surface area contributed by atoms with E-state index < -0.39 is 0 Å². The summed E-state index contributed by atoms with van der Waals surface area (Å²) < 4.78 is 13.1. The van der Waals surface area contributed by atoms with Crippen LogP contribution in [0, 0.1) is 12.7 Å². The first-order chi connectivity index (χ1) is 9.06. The normalized spacial score (nSPS) is 12.4. The highest BCUT2D eigenvalue weighted by molar-refractivity contribution is 5.24. The van der Waals surface area contributed by atoms with Gasteiger partial charge in [0.25, 0.3) is 0 Å². The van der Waals surface area contributed by atoms with Gasteiger partial charge in [-0.3, -0.25) is 4.79 Å². The first-order valence-electron chi connectivity index (χ1n) is 6.23. The van der Waals surface area contributed by atoms with Crippen LogP contribution in [0.15, 0.2) is 41.3 Å². The highest BCUT2D eigenvalue weighted by Crippen LogP contribution is 2.12. The molecule has 1 heterocycles. The second-order valence-corrected chi connectivity index (χ2v) is 4.67. The number of rotatable bonds is 4. The zero-order valence-electron chi connectivity index (χ0n) is 11.0. The molecule has 3 nitrogen and oxygen atoms in total. The lowest BCUT2D eigenvalue weighted by Crippen LogP contribution is -2.19. The van der Waals surface area contributed by atoms with Crippen LogP contribution in [-0.4, -0.2) is 4.98 Å². The molecule has 0 fully saturated rings. The molecule has 0 aliphatic rings. The monoisotopic (exact) mass is 260 g/mol. The average molecular weight is 260 g/mol. The van der Waals surface area contributed by atoms with Gasteiger partial charge in [0, 0.05) is 24.8 Å². The van der Waals surface area contributed by atoms with Gasteiger partial charge in [0.2, 0.25) is 5.56 Å². The predicted octanol–water partition coefficient (Wildman–Crippen LogP) is 2.67. The van der Waals surface area contributed by atoms with E-state index in [4.69, 9.17) is 0 Å². The molecular weight excluding hydrogens is 243 g/mol. The van der Waals surface area contributed by atoms with Crippen LogP contribution in [0.25, 0.3) is 0 Å². The summed E-state index contributed by atoms with van der Waals surface area (Å²) >= 11 is 0. The summed E-state index contributed by atoms with van der Waals surface area (Å²) in [5.74, 6) is -0.189. The largest absolute Gasteiger partial charge is 0.329 e. The number of aryl methyl sites for hydroxylation is 1. The molecule has 0 saturated heterocycles. The Morgan fingerprint density at radius 3 is 2.79 bits per heavy atom. The number of hydrogen-bond donors (Lipinski definition) is 2. The van der Waals surface area contributed by atoms with Crippen LogP contribution in [0.4, 0.5) is 4.39 Å². The molecule has 0 spiro atoms. The van der Waals surface area contributed by atoms with Gasteiger partial charge in [0.15, 0.2) is 0 Å². The van der Waals surface area contributed by atoms with Gasteiger partial charge >= 0.3 is 0 Å². The SMILES string of the molecule is Cc1cc(CNC(C)c2cc[nH]c(=O)c2)ccc1F. The maximum Gasteiger partial charge on any atom is 0.248 e. The van der Waals surface area contributed by atoms with E-state index in [0.29, 0.717) is 12.1 Å². The molecule has 0 aliphatic heterocycles. The van der Waals surface area contributed by atoms with Gasteiger partial charge in [-0.15, -0.1) is 0 Å². The number of benzene rings is 1. The van der Waals surface area contributed by atoms with Crippen molar-refractivity contribution >= 4 is 0 Å². The Morgan fingerprint density at radius 2 is 2.11 bits per heavy atom. The Kier molecular flexibility index (Phi) is 4.12. The molecule has 19 heavy (non-hydrogen) atoms. The zero-order valence-corrected chi connectivity index (χ0v) is 11.0. The minimum absolute atomic E-state index is 0.0626. The number of nitrogens with one attached hydrogen (secondary N) is 2. The fraction of sp³-hybridized carbons (Fsp3) is 0.267. The third kappa shape index (κ3) is 3.51. The average Bonchev–Trinajstić information content (AvgIpc) is 2.40. The summed E-state index contributed by atoms with van der Waals surface area (Å²) in [5.41, 5.74) is 2.49. The molecule has 1 aromatic carbocycles. The summed E-state index contributed by atoms with van der Waals surface area (Å²) in [4.78, 5) is 13.8. The molecule has 0 bridgehead atoms. The van der Waals surface area contributed by atoms with E-state index in [-0.39, 0.29) is 17.4 Å². The number of pyridine rings is 1. The summed E-state index contributed by atoms with van der Waals surface area (Å²) in [6.45, 7) is 4.37. The molecule has 2 aromatic rings. The summed E-state index contributed by atoms with van der Waals surface area (Å²) in [6, 6.07) is 8.58. The van der Waals surface area contributed by atoms with E-state index in [0.717, 1.165) is 11.1 Å². The van der Waals surface area contributed by atoms with E-state index in [1.54, 1.807) is 25.3 Å². The smallest absolute Gasteiger partial charge is 0.248 e. The number of H-pyrrole nitrogens is 1. The van der Waals surface area contributed by atoms with E-state index in [1.165, 1.54) is 6.07 Å². The van der Waals surface area contributed by atoms with Gasteiger partial charge in [0.1, 0.15) is 5.82 Å². The first kappa shape index (κ1) is 13.5. The molecule has 1 atom stereocenters. The van der Waals surface area contributed by atoms with Gasteiger partial charge in [0.05, 0.1) is 0 Å². The van der Waals surface area contributed by atoms with Crippen molar-refractivity contribution in [1.82, 2.24) is 10.3 Å². The Labute approximate surface area is 111 Å². The highest BCUT2D eigenvalue weighted by atomic mass is 19.1. The predicted molar refractivity (Wildman–Crippen MR) is 73.5 cm³/mol. The van der Waals surface area contributed by atoms with Crippen LogP contribution in [0.1, 0.15) is 29.7 Å². The van der Waals surface area contributed by atoms with Gasteiger partial charge in [-0.05, 0) is 42.7 Å². The van der Waals surface area contributed by atoms with Crippen LogP contribution in [-0.2, 0) is 6.54 Å². The van der Waals surface area contributed by atoms with Crippen molar-refractivity contribution in [3.05, 3.63) is 69.4 Å².